The summed E-state index contributed by atoms with van der Waals surface area (Å²) < 4.78 is 18.9. The third-order valence-electron chi connectivity index (χ3n) is 3.94. The highest BCUT2D eigenvalue weighted by Crippen LogP contribution is 2.33. The first-order valence-corrected chi connectivity index (χ1v) is 6.98. The first-order chi connectivity index (χ1) is 9.09. The molecule has 1 saturated carbocycles. The van der Waals surface area contributed by atoms with Gasteiger partial charge in [0.05, 0.1) is 5.02 Å². The first kappa shape index (κ1) is 14.5. The Morgan fingerprint density at radius 1 is 1.37 bits per heavy atom. The summed E-state index contributed by atoms with van der Waals surface area (Å²) in [7, 11) is 1.58. The van der Waals surface area contributed by atoms with E-state index in [2.05, 4.69) is 0 Å². The summed E-state index contributed by atoms with van der Waals surface area (Å²) in [5, 5.41) is 0.0397. The summed E-state index contributed by atoms with van der Waals surface area (Å²) in [4.78, 5) is 12.5. The van der Waals surface area contributed by atoms with Gasteiger partial charge in [0.1, 0.15) is 11.4 Å². The molecule has 0 saturated heterocycles. The summed E-state index contributed by atoms with van der Waals surface area (Å²) in [6, 6.07) is 4.56. The van der Waals surface area contributed by atoms with E-state index in [9.17, 15) is 9.18 Å². The number of ketones is 1. The van der Waals surface area contributed by atoms with E-state index < -0.39 is 11.4 Å². The van der Waals surface area contributed by atoms with E-state index in [1.165, 1.54) is 6.07 Å². The van der Waals surface area contributed by atoms with Crippen LogP contribution in [0.2, 0.25) is 5.02 Å². The molecular weight excluding hydrogens is 267 g/mol. The molecule has 104 valence electrons. The summed E-state index contributed by atoms with van der Waals surface area (Å²) >= 11 is 5.90. The molecule has 2 nitrogen and oxygen atoms in total. The van der Waals surface area contributed by atoms with Crippen LogP contribution in [0.5, 0.6) is 0 Å². The molecule has 1 aromatic rings. The summed E-state index contributed by atoms with van der Waals surface area (Å²) in [5.41, 5.74) is -0.165. The highest BCUT2D eigenvalue weighted by Gasteiger charge is 2.39. The molecule has 0 heterocycles. The molecule has 1 aliphatic carbocycles. The average Bonchev–Trinajstić information content (AvgIpc) is 2.44. The number of rotatable bonds is 4. The molecule has 0 radical (unpaired) electrons. The van der Waals surface area contributed by atoms with Gasteiger partial charge in [-0.2, -0.15) is 0 Å². The molecular formula is C15H18ClFO2. The maximum atomic E-state index is 13.4. The third kappa shape index (κ3) is 2.98. The van der Waals surface area contributed by atoms with Gasteiger partial charge in [-0.3, -0.25) is 4.79 Å². The summed E-state index contributed by atoms with van der Waals surface area (Å²) in [5.74, 6) is -0.482. The minimum absolute atomic E-state index is 0.00204. The molecule has 0 bridgehead atoms. The molecule has 0 atom stereocenters. The predicted octanol–water partition coefficient (Wildman–Crippen LogP) is 3.94. The number of carbonyl (C=O) groups is 1. The molecule has 0 amide bonds. The van der Waals surface area contributed by atoms with Crippen molar-refractivity contribution in [2.45, 2.75) is 44.1 Å². The average molecular weight is 285 g/mol. The zero-order valence-electron chi connectivity index (χ0n) is 11.0. The van der Waals surface area contributed by atoms with Gasteiger partial charge < -0.3 is 4.74 Å². The van der Waals surface area contributed by atoms with Crippen LogP contribution >= 0.6 is 11.6 Å². The monoisotopic (exact) mass is 284 g/mol. The second kappa shape index (κ2) is 6.02. The lowest BCUT2D eigenvalue weighted by Crippen LogP contribution is -2.43. The van der Waals surface area contributed by atoms with Gasteiger partial charge in [-0.05, 0) is 24.5 Å². The number of carbonyl (C=O) groups excluding carboxylic acids is 1. The number of hydrogen-bond donors (Lipinski definition) is 0. The fraction of sp³-hybridized carbons (Fsp3) is 0.533. The summed E-state index contributed by atoms with van der Waals surface area (Å²) in [6.45, 7) is 0. The fourth-order valence-electron chi connectivity index (χ4n) is 2.74. The third-order valence-corrected chi connectivity index (χ3v) is 4.37. The lowest BCUT2D eigenvalue weighted by Gasteiger charge is -2.34. The number of halogens is 2. The van der Waals surface area contributed by atoms with Crippen molar-refractivity contribution in [2.24, 2.45) is 0 Å². The highest BCUT2D eigenvalue weighted by atomic mass is 35.5. The van der Waals surface area contributed by atoms with Crippen LogP contribution in [0.4, 0.5) is 4.39 Å². The maximum absolute atomic E-state index is 13.4. The molecule has 19 heavy (non-hydrogen) atoms. The summed E-state index contributed by atoms with van der Waals surface area (Å²) in [6.07, 6.45) is 4.75. The number of Topliss-reactive ketones (excluding diaryl/α,β-unsaturated/α-hetero) is 1. The molecule has 4 heteroatoms. The SMILES string of the molecule is COC1(C(=O)Cc2cccc(F)c2Cl)CCCCC1. The lowest BCUT2D eigenvalue weighted by atomic mass is 9.79. The van der Waals surface area contributed by atoms with E-state index in [0.717, 1.165) is 32.1 Å². The zero-order valence-corrected chi connectivity index (χ0v) is 11.8. The second-order valence-electron chi connectivity index (χ2n) is 5.07. The Bertz CT molecular complexity index is 467. The van der Waals surface area contributed by atoms with Crippen molar-refractivity contribution in [2.75, 3.05) is 7.11 Å². The molecule has 0 aliphatic heterocycles. The molecule has 0 spiro atoms. The smallest absolute Gasteiger partial charge is 0.169 e. The number of methoxy groups -OCH3 is 1. The standard InChI is InChI=1S/C15H18ClFO2/c1-19-15(8-3-2-4-9-15)13(18)10-11-6-5-7-12(17)14(11)16/h5-7H,2-4,8-10H2,1H3. The highest BCUT2D eigenvalue weighted by molar-refractivity contribution is 6.31. The minimum atomic E-state index is -0.700. The van der Waals surface area contributed by atoms with Crippen molar-refractivity contribution in [3.05, 3.63) is 34.6 Å². The molecule has 1 aromatic carbocycles. The van der Waals surface area contributed by atoms with Crippen molar-refractivity contribution in [1.29, 1.82) is 0 Å². The Balaban J connectivity index is 2.17. The number of hydrogen-bond acceptors (Lipinski definition) is 2. The van der Waals surface area contributed by atoms with Crippen LogP contribution < -0.4 is 0 Å². The molecule has 0 unspecified atom stereocenters. The van der Waals surface area contributed by atoms with Crippen molar-refractivity contribution >= 4 is 17.4 Å². The van der Waals surface area contributed by atoms with E-state index in [0.29, 0.717) is 5.56 Å². The number of ether oxygens (including phenoxy) is 1. The van der Waals surface area contributed by atoms with Crippen molar-refractivity contribution in [3.8, 4) is 0 Å². The van der Waals surface area contributed by atoms with Gasteiger partial charge in [0.2, 0.25) is 0 Å². The van der Waals surface area contributed by atoms with Gasteiger partial charge in [0.25, 0.3) is 0 Å². The predicted molar refractivity (Wildman–Crippen MR) is 72.9 cm³/mol. The van der Waals surface area contributed by atoms with E-state index in [1.807, 2.05) is 0 Å². The van der Waals surface area contributed by atoms with Gasteiger partial charge in [0.15, 0.2) is 5.78 Å². The van der Waals surface area contributed by atoms with Crippen LogP contribution in [0.1, 0.15) is 37.7 Å². The topological polar surface area (TPSA) is 26.3 Å². The molecule has 2 rings (SSSR count). The van der Waals surface area contributed by atoms with Gasteiger partial charge >= 0.3 is 0 Å². The largest absolute Gasteiger partial charge is 0.370 e. The molecule has 1 aliphatic rings. The first-order valence-electron chi connectivity index (χ1n) is 6.60. The number of benzene rings is 1. The van der Waals surface area contributed by atoms with Crippen LogP contribution in [0.25, 0.3) is 0 Å². The Kier molecular flexibility index (Phi) is 4.58. The minimum Gasteiger partial charge on any atom is -0.370 e. The molecule has 0 aromatic heterocycles. The van der Waals surface area contributed by atoms with E-state index in [4.69, 9.17) is 16.3 Å². The van der Waals surface area contributed by atoms with Crippen molar-refractivity contribution in [3.63, 3.8) is 0 Å². The van der Waals surface area contributed by atoms with Crippen molar-refractivity contribution < 1.29 is 13.9 Å². The Morgan fingerprint density at radius 3 is 2.68 bits per heavy atom. The van der Waals surface area contributed by atoms with Gasteiger partial charge in [0, 0.05) is 13.5 Å². The Hall–Kier alpha value is -0.930. The van der Waals surface area contributed by atoms with Crippen LogP contribution in [0.3, 0.4) is 0 Å². The van der Waals surface area contributed by atoms with Crippen LogP contribution in [0, 0.1) is 5.82 Å². The molecule has 1 fully saturated rings. The van der Waals surface area contributed by atoms with Crippen LogP contribution in [-0.4, -0.2) is 18.5 Å². The van der Waals surface area contributed by atoms with E-state index in [-0.39, 0.29) is 17.2 Å². The van der Waals surface area contributed by atoms with Gasteiger partial charge in [-0.1, -0.05) is 43.0 Å². The van der Waals surface area contributed by atoms with E-state index >= 15 is 0 Å². The van der Waals surface area contributed by atoms with Crippen LogP contribution in [-0.2, 0) is 16.0 Å². The van der Waals surface area contributed by atoms with Gasteiger partial charge in [-0.15, -0.1) is 0 Å². The fourth-order valence-corrected chi connectivity index (χ4v) is 2.93. The molecule has 0 N–H and O–H groups in total. The van der Waals surface area contributed by atoms with E-state index in [1.54, 1.807) is 19.2 Å². The van der Waals surface area contributed by atoms with Crippen LogP contribution in [0.15, 0.2) is 18.2 Å². The maximum Gasteiger partial charge on any atom is 0.169 e. The lowest BCUT2D eigenvalue weighted by molar-refractivity contribution is -0.144. The quantitative estimate of drug-likeness (QED) is 0.837. The van der Waals surface area contributed by atoms with Gasteiger partial charge in [-0.25, -0.2) is 4.39 Å². The van der Waals surface area contributed by atoms with Crippen molar-refractivity contribution in [1.82, 2.24) is 0 Å². The second-order valence-corrected chi connectivity index (χ2v) is 5.45. The zero-order chi connectivity index (χ0) is 13.9. The normalized spacial score (nSPS) is 18.3. The Morgan fingerprint density at radius 2 is 2.05 bits per heavy atom. The Labute approximate surface area is 117 Å².